The first-order valence-corrected chi connectivity index (χ1v) is 6.51. The molecule has 0 aliphatic carbocycles. The lowest BCUT2D eigenvalue weighted by molar-refractivity contribution is -0.114. The van der Waals surface area contributed by atoms with Crippen LogP contribution < -0.4 is 10.1 Å². The van der Waals surface area contributed by atoms with Gasteiger partial charge < -0.3 is 14.9 Å². The van der Waals surface area contributed by atoms with Crippen LogP contribution in [0.1, 0.15) is 5.56 Å². The normalized spacial score (nSPS) is 11.0. The van der Waals surface area contributed by atoms with Crippen LogP contribution in [0.15, 0.2) is 53.7 Å². The van der Waals surface area contributed by atoms with E-state index in [4.69, 9.17) is 9.57 Å². The van der Waals surface area contributed by atoms with Gasteiger partial charge in [0.1, 0.15) is 24.4 Å². The van der Waals surface area contributed by atoms with E-state index in [9.17, 15) is 9.18 Å². The first kappa shape index (κ1) is 15.5. The number of oxime groups is 1. The molecular weight excluding hydrogens is 287 g/mol. The van der Waals surface area contributed by atoms with E-state index < -0.39 is 11.7 Å². The molecule has 114 valence electrons. The van der Waals surface area contributed by atoms with Crippen molar-refractivity contribution in [3.8, 4) is 11.5 Å². The average Bonchev–Trinajstić information content (AvgIpc) is 2.54. The van der Waals surface area contributed by atoms with Crippen molar-refractivity contribution in [1.29, 1.82) is 0 Å². The highest BCUT2D eigenvalue weighted by molar-refractivity contribution is 6.45. The number of rotatable bonds is 5. The predicted molar refractivity (Wildman–Crippen MR) is 80.5 cm³/mol. The van der Waals surface area contributed by atoms with Gasteiger partial charge in [0.2, 0.25) is 0 Å². The van der Waals surface area contributed by atoms with Gasteiger partial charge in [-0.15, -0.1) is 0 Å². The number of hydrogen-bond donors (Lipinski definition) is 1. The highest BCUT2D eigenvalue weighted by atomic mass is 19.1. The Hall–Kier alpha value is -2.89. The summed E-state index contributed by atoms with van der Waals surface area (Å²) in [5, 5.41) is 6.15. The van der Waals surface area contributed by atoms with Crippen LogP contribution in [0.5, 0.6) is 11.5 Å². The molecule has 0 spiro atoms. The zero-order valence-corrected chi connectivity index (χ0v) is 12.2. The van der Waals surface area contributed by atoms with Crippen molar-refractivity contribution in [1.82, 2.24) is 5.32 Å². The number of nitrogens with zero attached hydrogens (tertiary/aromatic N) is 1. The summed E-state index contributed by atoms with van der Waals surface area (Å²) in [6.45, 7) is 0. The monoisotopic (exact) mass is 302 g/mol. The van der Waals surface area contributed by atoms with Crippen LogP contribution in [-0.2, 0) is 9.63 Å². The third kappa shape index (κ3) is 3.60. The number of nitrogens with one attached hydrogen (secondary N) is 1. The van der Waals surface area contributed by atoms with Crippen LogP contribution in [0.2, 0.25) is 0 Å². The van der Waals surface area contributed by atoms with E-state index in [0.717, 1.165) is 0 Å². The van der Waals surface area contributed by atoms with E-state index in [0.29, 0.717) is 11.3 Å². The fraction of sp³-hybridized carbons (Fsp3) is 0.125. The summed E-state index contributed by atoms with van der Waals surface area (Å²) < 4.78 is 19.2. The van der Waals surface area contributed by atoms with Gasteiger partial charge in [0.25, 0.3) is 5.91 Å². The quantitative estimate of drug-likeness (QED) is 0.682. The van der Waals surface area contributed by atoms with Crippen LogP contribution in [0.3, 0.4) is 0 Å². The maximum absolute atomic E-state index is 13.5. The Balaban J connectivity index is 2.47. The number of carbonyl (C=O) groups is 1. The zero-order chi connectivity index (χ0) is 15.9. The van der Waals surface area contributed by atoms with Crippen molar-refractivity contribution < 1.29 is 18.8 Å². The molecule has 0 bridgehead atoms. The molecule has 22 heavy (non-hydrogen) atoms. The van der Waals surface area contributed by atoms with Crippen LogP contribution >= 0.6 is 0 Å². The van der Waals surface area contributed by atoms with Crippen molar-refractivity contribution in [3.05, 3.63) is 59.9 Å². The summed E-state index contributed by atoms with van der Waals surface area (Å²) in [5.74, 6) is -0.261. The minimum Gasteiger partial charge on any atom is -0.457 e. The summed E-state index contributed by atoms with van der Waals surface area (Å²) in [6.07, 6.45) is 0. The SMILES string of the molecule is CNC(=O)/C(=N/OC)c1ccc(F)cc1Oc1ccccc1. The maximum atomic E-state index is 13.5. The molecule has 0 aliphatic rings. The molecule has 2 aromatic rings. The second-order valence-electron chi connectivity index (χ2n) is 4.26. The van der Waals surface area contributed by atoms with Gasteiger partial charge in [0.05, 0.1) is 5.56 Å². The van der Waals surface area contributed by atoms with Crippen molar-refractivity contribution in [3.63, 3.8) is 0 Å². The van der Waals surface area contributed by atoms with Crippen LogP contribution in [-0.4, -0.2) is 25.8 Å². The Kier molecular flexibility index (Phi) is 5.08. The molecule has 0 aliphatic heterocycles. The summed E-state index contributed by atoms with van der Waals surface area (Å²) >= 11 is 0. The van der Waals surface area contributed by atoms with Gasteiger partial charge in [-0.2, -0.15) is 0 Å². The Morgan fingerprint density at radius 1 is 1.18 bits per heavy atom. The highest BCUT2D eigenvalue weighted by Crippen LogP contribution is 2.27. The molecule has 0 heterocycles. The van der Waals surface area contributed by atoms with Crippen molar-refractivity contribution in [2.45, 2.75) is 0 Å². The molecule has 0 unspecified atom stereocenters. The second kappa shape index (κ2) is 7.21. The molecule has 2 aromatic carbocycles. The number of carbonyl (C=O) groups excluding carboxylic acids is 1. The number of para-hydroxylation sites is 1. The Labute approximate surface area is 127 Å². The first-order valence-electron chi connectivity index (χ1n) is 6.51. The predicted octanol–water partition coefficient (Wildman–Crippen LogP) is 2.71. The largest absolute Gasteiger partial charge is 0.457 e. The average molecular weight is 302 g/mol. The van der Waals surface area contributed by atoms with E-state index in [1.54, 1.807) is 24.3 Å². The fourth-order valence-electron chi connectivity index (χ4n) is 1.81. The molecular formula is C16H15FN2O3. The van der Waals surface area contributed by atoms with Gasteiger partial charge in [0.15, 0.2) is 5.71 Å². The Bertz CT molecular complexity index is 687. The molecule has 0 saturated carbocycles. The van der Waals surface area contributed by atoms with E-state index in [1.807, 2.05) is 6.07 Å². The Morgan fingerprint density at radius 3 is 2.55 bits per heavy atom. The number of likely N-dealkylation sites (N-methyl/N-ethyl adjacent to an activating group) is 1. The van der Waals surface area contributed by atoms with Crippen LogP contribution in [0.25, 0.3) is 0 Å². The molecule has 0 atom stereocenters. The first-order chi connectivity index (χ1) is 10.7. The maximum Gasteiger partial charge on any atom is 0.273 e. The van der Waals surface area contributed by atoms with Gasteiger partial charge in [-0.3, -0.25) is 4.79 Å². The van der Waals surface area contributed by atoms with E-state index in [1.165, 1.54) is 32.4 Å². The van der Waals surface area contributed by atoms with Gasteiger partial charge in [-0.25, -0.2) is 4.39 Å². The third-order valence-corrected chi connectivity index (χ3v) is 2.79. The van der Waals surface area contributed by atoms with Crippen LogP contribution in [0.4, 0.5) is 4.39 Å². The number of halogens is 1. The lowest BCUT2D eigenvalue weighted by atomic mass is 10.1. The van der Waals surface area contributed by atoms with Crippen molar-refractivity contribution >= 4 is 11.6 Å². The minimum atomic E-state index is -0.483. The zero-order valence-electron chi connectivity index (χ0n) is 12.2. The molecule has 1 N–H and O–H groups in total. The van der Waals surface area contributed by atoms with Gasteiger partial charge in [-0.05, 0) is 24.3 Å². The molecule has 1 amide bonds. The topological polar surface area (TPSA) is 59.9 Å². The number of benzene rings is 2. The smallest absolute Gasteiger partial charge is 0.273 e. The molecule has 5 nitrogen and oxygen atoms in total. The van der Waals surface area contributed by atoms with Gasteiger partial charge in [0, 0.05) is 13.1 Å². The highest BCUT2D eigenvalue weighted by Gasteiger charge is 2.19. The second-order valence-corrected chi connectivity index (χ2v) is 4.26. The van der Waals surface area contributed by atoms with Crippen LogP contribution in [0, 0.1) is 5.82 Å². The number of hydrogen-bond acceptors (Lipinski definition) is 4. The molecule has 2 rings (SSSR count). The van der Waals surface area contributed by atoms with E-state index in [2.05, 4.69) is 10.5 Å². The lowest BCUT2D eigenvalue weighted by Crippen LogP contribution is -2.28. The third-order valence-electron chi connectivity index (χ3n) is 2.79. The minimum absolute atomic E-state index is 0.00377. The standard InChI is InChI=1S/C16H15FN2O3/c1-18-16(20)15(19-21-2)13-9-8-11(17)10-14(13)22-12-6-4-3-5-7-12/h3-10H,1-2H3,(H,18,20)/b19-15+. The molecule has 0 radical (unpaired) electrons. The number of ether oxygens (including phenoxy) is 1. The molecule has 0 aromatic heterocycles. The summed E-state index contributed by atoms with van der Waals surface area (Å²) in [5.41, 5.74) is 0.322. The number of amides is 1. The molecule has 0 saturated heterocycles. The van der Waals surface area contributed by atoms with E-state index in [-0.39, 0.29) is 11.5 Å². The summed E-state index contributed by atoms with van der Waals surface area (Å²) in [4.78, 5) is 16.6. The lowest BCUT2D eigenvalue weighted by Gasteiger charge is -2.12. The van der Waals surface area contributed by atoms with Gasteiger partial charge in [-0.1, -0.05) is 23.4 Å². The van der Waals surface area contributed by atoms with Crippen molar-refractivity contribution in [2.24, 2.45) is 5.16 Å². The molecule has 0 fully saturated rings. The van der Waals surface area contributed by atoms with Crippen molar-refractivity contribution in [2.75, 3.05) is 14.2 Å². The Morgan fingerprint density at radius 2 is 1.91 bits per heavy atom. The van der Waals surface area contributed by atoms with E-state index >= 15 is 0 Å². The fourth-order valence-corrected chi connectivity index (χ4v) is 1.81. The van der Waals surface area contributed by atoms with Gasteiger partial charge >= 0.3 is 0 Å². The summed E-state index contributed by atoms with van der Waals surface area (Å²) in [6, 6.07) is 12.7. The summed E-state index contributed by atoms with van der Waals surface area (Å²) in [7, 11) is 2.79. The molecule has 6 heteroatoms.